The molecule has 0 spiro atoms. The Morgan fingerprint density at radius 3 is 2.83 bits per heavy atom. The maximum atomic E-state index is 11.0. The van der Waals surface area contributed by atoms with Gasteiger partial charge in [0.2, 0.25) is 0 Å². The summed E-state index contributed by atoms with van der Waals surface area (Å²) in [5, 5.41) is 11.0. The van der Waals surface area contributed by atoms with Crippen molar-refractivity contribution in [3.05, 3.63) is 63.1 Å². The van der Waals surface area contributed by atoms with Gasteiger partial charge in [-0.2, -0.15) is 0 Å². The lowest BCUT2D eigenvalue weighted by atomic mass is 9.60. The third kappa shape index (κ3) is 2.14. The van der Waals surface area contributed by atoms with Crippen molar-refractivity contribution < 1.29 is 5.11 Å². The fraction of sp³-hybridized carbons (Fsp3) is 0.450. The molecule has 0 amide bonds. The van der Waals surface area contributed by atoms with Crippen LogP contribution in [0.5, 0.6) is 0 Å². The highest BCUT2D eigenvalue weighted by molar-refractivity contribution is 7.10. The van der Waals surface area contributed by atoms with E-state index in [0.29, 0.717) is 5.92 Å². The largest absolute Gasteiger partial charge is 0.389 e. The van der Waals surface area contributed by atoms with Crippen LogP contribution in [-0.4, -0.2) is 16.2 Å². The first-order valence-corrected chi connectivity index (χ1v) is 9.43. The van der Waals surface area contributed by atoms with Gasteiger partial charge in [-0.05, 0) is 36.3 Å². The SMILES string of the molecule is CC[C@@]1(c2ccccc2)C2=C(Cc3ncsc31)C[C@@H](C)CC2O. The molecule has 120 valence electrons. The number of hydrogen-bond acceptors (Lipinski definition) is 3. The van der Waals surface area contributed by atoms with Crippen molar-refractivity contribution in [3.8, 4) is 0 Å². The third-order valence-corrected chi connectivity index (χ3v) is 6.63. The van der Waals surface area contributed by atoms with Gasteiger partial charge in [0.05, 0.1) is 22.7 Å². The summed E-state index contributed by atoms with van der Waals surface area (Å²) in [4.78, 5) is 6.02. The molecule has 1 aromatic carbocycles. The first kappa shape index (κ1) is 15.1. The van der Waals surface area contributed by atoms with Crippen molar-refractivity contribution in [2.75, 3.05) is 0 Å². The molecule has 0 fully saturated rings. The molecule has 3 atom stereocenters. The average Bonchev–Trinajstić information content (AvgIpc) is 3.02. The molecule has 0 saturated carbocycles. The van der Waals surface area contributed by atoms with Crippen LogP contribution in [0.3, 0.4) is 0 Å². The molecular weight excluding hydrogens is 302 g/mol. The molecule has 0 radical (unpaired) electrons. The standard InChI is InChI=1S/C20H23NOS/c1-3-20(15-7-5-4-6-8-15)18-14(9-13(2)10-17(18)22)11-16-19(20)23-12-21-16/h4-8,12-13,17,22H,3,9-11H2,1-2H3/t13-,17?,20-/m1/s1. The number of rotatable bonds is 2. The van der Waals surface area contributed by atoms with Crippen LogP contribution in [0.25, 0.3) is 0 Å². The lowest BCUT2D eigenvalue weighted by Gasteiger charge is -2.45. The van der Waals surface area contributed by atoms with Gasteiger partial charge in [0.25, 0.3) is 0 Å². The van der Waals surface area contributed by atoms with Crippen LogP contribution >= 0.6 is 11.3 Å². The van der Waals surface area contributed by atoms with E-state index in [-0.39, 0.29) is 11.5 Å². The second-order valence-corrected chi connectivity index (χ2v) is 7.86. The van der Waals surface area contributed by atoms with E-state index in [1.165, 1.54) is 27.3 Å². The molecule has 2 aliphatic rings. The monoisotopic (exact) mass is 325 g/mol. The van der Waals surface area contributed by atoms with Crippen molar-refractivity contribution >= 4 is 11.3 Å². The highest BCUT2D eigenvalue weighted by Crippen LogP contribution is 2.54. The molecule has 2 aromatic rings. The van der Waals surface area contributed by atoms with E-state index in [1.54, 1.807) is 11.3 Å². The summed E-state index contributed by atoms with van der Waals surface area (Å²) in [6.45, 7) is 4.50. The maximum absolute atomic E-state index is 11.0. The van der Waals surface area contributed by atoms with E-state index >= 15 is 0 Å². The van der Waals surface area contributed by atoms with Gasteiger partial charge in [-0.25, -0.2) is 4.98 Å². The van der Waals surface area contributed by atoms with Crippen molar-refractivity contribution in [2.24, 2.45) is 5.92 Å². The van der Waals surface area contributed by atoms with Crippen molar-refractivity contribution in [1.29, 1.82) is 0 Å². The molecule has 0 bridgehead atoms. The first-order chi connectivity index (χ1) is 11.2. The molecule has 1 aromatic heterocycles. The fourth-order valence-corrected chi connectivity index (χ4v) is 5.85. The lowest BCUT2D eigenvalue weighted by Crippen LogP contribution is -2.42. The van der Waals surface area contributed by atoms with Gasteiger partial charge in [0.15, 0.2) is 0 Å². The number of aromatic nitrogens is 1. The predicted molar refractivity (Wildman–Crippen MR) is 94.8 cm³/mol. The summed E-state index contributed by atoms with van der Waals surface area (Å²) in [6.07, 6.45) is 3.53. The number of hydrogen-bond donors (Lipinski definition) is 1. The van der Waals surface area contributed by atoms with Crippen LogP contribution in [0.15, 0.2) is 47.0 Å². The number of fused-ring (bicyclic) bond motifs is 1. The molecule has 3 heteroatoms. The molecule has 0 aliphatic heterocycles. The summed E-state index contributed by atoms with van der Waals surface area (Å²) < 4.78 is 0. The van der Waals surface area contributed by atoms with Crippen LogP contribution in [-0.2, 0) is 11.8 Å². The quantitative estimate of drug-likeness (QED) is 0.826. The summed E-state index contributed by atoms with van der Waals surface area (Å²) in [7, 11) is 0. The van der Waals surface area contributed by atoms with Gasteiger partial charge in [0, 0.05) is 11.3 Å². The Bertz CT molecular complexity index is 748. The average molecular weight is 325 g/mol. The van der Waals surface area contributed by atoms with E-state index in [0.717, 1.165) is 25.7 Å². The van der Waals surface area contributed by atoms with Crippen LogP contribution in [0.4, 0.5) is 0 Å². The summed E-state index contributed by atoms with van der Waals surface area (Å²) in [5.74, 6) is 0.550. The molecule has 23 heavy (non-hydrogen) atoms. The topological polar surface area (TPSA) is 33.1 Å². The smallest absolute Gasteiger partial charge is 0.0798 e. The van der Waals surface area contributed by atoms with Crippen molar-refractivity contribution in [1.82, 2.24) is 4.98 Å². The zero-order valence-electron chi connectivity index (χ0n) is 13.7. The van der Waals surface area contributed by atoms with Crippen LogP contribution in [0, 0.1) is 5.92 Å². The van der Waals surface area contributed by atoms with E-state index in [9.17, 15) is 5.11 Å². The number of aliphatic hydroxyl groups is 1. The minimum Gasteiger partial charge on any atom is -0.389 e. The highest BCUT2D eigenvalue weighted by Gasteiger charge is 2.48. The molecule has 1 heterocycles. The molecule has 2 nitrogen and oxygen atoms in total. The van der Waals surface area contributed by atoms with Crippen molar-refractivity contribution in [2.45, 2.75) is 51.0 Å². The van der Waals surface area contributed by atoms with Gasteiger partial charge < -0.3 is 5.11 Å². The number of thiazole rings is 1. The maximum Gasteiger partial charge on any atom is 0.0798 e. The van der Waals surface area contributed by atoms with Gasteiger partial charge in [-0.3, -0.25) is 0 Å². The number of allylic oxidation sites excluding steroid dienone is 1. The van der Waals surface area contributed by atoms with Gasteiger partial charge >= 0.3 is 0 Å². The third-order valence-electron chi connectivity index (χ3n) is 5.60. The Morgan fingerprint density at radius 1 is 1.30 bits per heavy atom. The van der Waals surface area contributed by atoms with Crippen LogP contribution in [0.2, 0.25) is 0 Å². The number of benzene rings is 1. The highest BCUT2D eigenvalue weighted by atomic mass is 32.1. The Kier molecular flexibility index (Phi) is 3.66. The molecule has 1 N–H and O–H groups in total. The lowest BCUT2D eigenvalue weighted by molar-refractivity contribution is 0.149. The van der Waals surface area contributed by atoms with Crippen LogP contribution in [0.1, 0.15) is 49.2 Å². The van der Waals surface area contributed by atoms with Crippen LogP contribution < -0.4 is 0 Å². The van der Waals surface area contributed by atoms with Gasteiger partial charge in [0.1, 0.15) is 0 Å². The van der Waals surface area contributed by atoms with E-state index in [1.807, 2.05) is 5.51 Å². The molecule has 2 aliphatic carbocycles. The van der Waals surface area contributed by atoms with E-state index in [2.05, 4.69) is 49.2 Å². The Hall–Kier alpha value is -1.45. The summed E-state index contributed by atoms with van der Waals surface area (Å²) in [5.41, 5.74) is 7.02. The zero-order valence-corrected chi connectivity index (χ0v) is 14.6. The second kappa shape index (κ2) is 5.57. The fourth-order valence-electron chi connectivity index (χ4n) is 4.73. The second-order valence-electron chi connectivity index (χ2n) is 7.01. The number of nitrogens with zero attached hydrogens (tertiary/aromatic N) is 1. The van der Waals surface area contributed by atoms with Gasteiger partial charge in [-0.1, -0.05) is 49.8 Å². The minimum absolute atomic E-state index is 0.190. The zero-order chi connectivity index (χ0) is 16.0. The summed E-state index contributed by atoms with van der Waals surface area (Å²) in [6, 6.07) is 10.7. The van der Waals surface area contributed by atoms with E-state index < -0.39 is 0 Å². The normalized spacial score (nSPS) is 30.0. The number of aliphatic hydroxyl groups excluding tert-OH is 1. The Morgan fingerprint density at radius 2 is 2.09 bits per heavy atom. The first-order valence-electron chi connectivity index (χ1n) is 8.55. The summed E-state index contributed by atoms with van der Waals surface area (Å²) >= 11 is 1.75. The molecular formula is C20H23NOS. The molecule has 0 saturated heterocycles. The van der Waals surface area contributed by atoms with Gasteiger partial charge in [-0.15, -0.1) is 11.3 Å². The van der Waals surface area contributed by atoms with E-state index in [4.69, 9.17) is 0 Å². The molecule has 1 unspecified atom stereocenters. The Labute approximate surface area is 141 Å². The predicted octanol–water partition coefficient (Wildman–Crippen LogP) is 4.48. The minimum atomic E-state index is -0.329. The molecule has 4 rings (SSSR count). The van der Waals surface area contributed by atoms with Crippen molar-refractivity contribution in [3.63, 3.8) is 0 Å². The Balaban J connectivity index is 2.01.